The van der Waals surface area contributed by atoms with E-state index in [-0.39, 0.29) is 29.4 Å². The number of aliphatic hydroxyl groups excluding tert-OH is 1. The second kappa shape index (κ2) is 10.1. The van der Waals surface area contributed by atoms with Crippen molar-refractivity contribution >= 4 is 17.4 Å². The summed E-state index contributed by atoms with van der Waals surface area (Å²) >= 11 is 0. The zero-order chi connectivity index (χ0) is 25.1. The molecule has 1 aliphatic heterocycles. The first-order chi connectivity index (χ1) is 16.8. The summed E-state index contributed by atoms with van der Waals surface area (Å²) in [4.78, 5) is 28.0. The van der Waals surface area contributed by atoms with E-state index in [1.54, 1.807) is 19.1 Å². The minimum atomic E-state index is -0.821. The number of aliphatic hydroxyl groups is 1. The maximum atomic E-state index is 13.3. The second-order valence-electron chi connectivity index (χ2n) is 8.71. The maximum Gasteiger partial charge on any atom is 0.295 e. The lowest BCUT2D eigenvalue weighted by atomic mass is 9.93. The number of rotatable bonds is 7. The van der Waals surface area contributed by atoms with Crippen LogP contribution in [0.2, 0.25) is 0 Å². The van der Waals surface area contributed by atoms with Gasteiger partial charge >= 0.3 is 0 Å². The lowest BCUT2D eigenvalue weighted by Gasteiger charge is -2.26. The summed E-state index contributed by atoms with van der Waals surface area (Å²) in [6.45, 7) is 6.18. The lowest BCUT2D eigenvalue weighted by molar-refractivity contribution is -0.139. The van der Waals surface area contributed by atoms with Crippen LogP contribution in [0.15, 0.2) is 72.3 Å². The third-order valence-corrected chi connectivity index (χ3v) is 6.27. The number of hydrogen-bond donors (Lipinski definition) is 2. The van der Waals surface area contributed by atoms with Crippen LogP contribution in [-0.2, 0) is 16.0 Å². The number of benzene rings is 3. The van der Waals surface area contributed by atoms with Crippen molar-refractivity contribution in [3.05, 3.63) is 100 Å². The summed E-state index contributed by atoms with van der Waals surface area (Å²) in [5.74, 6) is -1.38. The van der Waals surface area contributed by atoms with E-state index in [0.29, 0.717) is 24.2 Å². The molecular weight excluding hydrogens is 442 g/mol. The molecule has 0 aliphatic carbocycles. The molecule has 1 unspecified atom stereocenters. The number of ketones is 1. The molecule has 0 radical (unpaired) electrons. The van der Waals surface area contributed by atoms with E-state index in [0.717, 1.165) is 16.7 Å². The zero-order valence-corrected chi connectivity index (χ0v) is 20.1. The number of aryl methyl sites for hydroxylation is 2. The van der Waals surface area contributed by atoms with E-state index in [1.807, 2.05) is 62.4 Å². The molecule has 6 heteroatoms. The Morgan fingerprint density at radius 2 is 1.74 bits per heavy atom. The van der Waals surface area contributed by atoms with Crippen molar-refractivity contribution in [2.45, 2.75) is 33.2 Å². The van der Waals surface area contributed by atoms with Crippen LogP contribution in [0.5, 0.6) is 11.5 Å². The molecule has 4 rings (SSSR count). The molecule has 1 heterocycles. The third-order valence-electron chi connectivity index (χ3n) is 6.27. The molecule has 1 aliphatic rings. The summed E-state index contributed by atoms with van der Waals surface area (Å²) in [5.41, 5.74) is 3.87. The predicted molar refractivity (Wildman–Crippen MR) is 134 cm³/mol. The van der Waals surface area contributed by atoms with E-state index in [2.05, 4.69) is 0 Å². The molecule has 1 atom stereocenters. The first kappa shape index (κ1) is 24.1. The van der Waals surface area contributed by atoms with E-state index >= 15 is 0 Å². The van der Waals surface area contributed by atoms with Crippen molar-refractivity contribution in [3.8, 4) is 11.5 Å². The van der Waals surface area contributed by atoms with Gasteiger partial charge in [-0.25, -0.2) is 0 Å². The Hall–Kier alpha value is -4.06. The molecular formula is C29H29NO5. The first-order valence-corrected chi connectivity index (χ1v) is 11.7. The summed E-state index contributed by atoms with van der Waals surface area (Å²) in [6, 6.07) is 19.3. The molecule has 1 fully saturated rings. The Labute approximate surface area is 205 Å². The van der Waals surface area contributed by atoms with Gasteiger partial charge in [0.15, 0.2) is 11.5 Å². The van der Waals surface area contributed by atoms with E-state index in [1.165, 1.54) is 11.0 Å². The summed E-state index contributed by atoms with van der Waals surface area (Å²) < 4.78 is 5.55. The number of phenolic OH excluding ortho intramolecular Hbond substituents is 1. The number of aromatic hydroxyl groups is 1. The van der Waals surface area contributed by atoms with Crippen LogP contribution in [0, 0.1) is 13.8 Å². The Morgan fingerprint density at radius 1 is 1.00 bits per heavy atom. The number of Topliss-reactive ketones (excluding diaryl/α,β-unsaturated/α-hetero) is 1. The van der Waals surface area contributed by atoms with Crippen LogP contribution in [0.25, 0.3) is 5.76 Å². The zero-order valence-electron chi connectivity index (χ0n) is 20.1. The molecule has 0 spiro atoms. The number of carbonyl (C=O) groups is 2. The lowest BCUT2D eigenvalue weighted by Crippen LogP contribution is -2.31. The van der Waals surface area contributed by atoms with Gasteiger partial charge in [-0.15, -0.1) is 0 Å². The Bertz CT molecular complexity index is 1300. The van der Waals surface area contributed by atoms with E-state index in [9.17, 15) is 19.8 Å². The SMILES string of the molecule is CCOc1cc(C2/C(=C(\O)c3cc(C)ccc3C)C(=O)C(=O)N2CCc2ccccc2)ccc1O. The van der Waals surface area contributed by atoms with Gasteiger partial charge in [0, 0.05) is 12.1 Å². The molecule has 1 amide bonds. The van der Waals surface area contributed by atoms with Crippen molar-refractivity contribution in [3.63, 3.8) is 0 Å². The van der Waals surface area contributed by atoms with Crippen molar-refractivity contribution < 1.29 is 24.5 Å². The van der Waals surface area contributed by atoms with Crippen LogP contribution in [0.1, 0.15) is 40.8 Å². The van der Waals surface area contributed by atoms with Gasteiger partial charge in [-0.05, 0) is 62.1 Å². The maximum absolute atomic E-state index is 13.3. The van der Waals surface area contributed by atoms with Crippen LogP contribution in [-0.4, -0.2) is 40.0 Å². The van der Waals surface area contributed by atoms with E-state index < -0.39 is 17.7 Å². The first-order valence-electron chi connectivity index (χ1n) is 11.7. The van der Waals surface area contributed by atoms with Gasteiger partial charge in [0.05, 0.1) is 18.2 Å². The van der Waals surface area contributed by atoms with Gasteiger partial charge in [-0.1, -0.05) is 54.1 Å². The van der Waals surface area contributed by atoms with E-state index in [4.69, 9.17) is 4.74 Å². The topological polar surface area (TPSA) is 87.1 Å². The van der Waals surface area contributed by atoms with Crippen LogP contribution < -0.4 is 4.74 Å². The fraction of sp³-hybridized carbons (Fsp3) is 0.241. The molecule has 3 aromatic carbocycles. The highest BCUT2D eigenvalue weighted by Gasteiger charge is 2.46. The van der Waals surface area contributed by atoms with Crippen LogP contribution >= 0.6 is 0 Å². The number of hydrogen-bond acceptors (Lipinski definition) is 5. The van der Waals surface area contributed by atoms with Gasteiger partial charge in [-0.3, -0.25) is 9.59 Å². The number of nitrogens with zero attached hydrogens (tertiary/aromatic N) is 1. The normalized spacial score (nSPS) is 17.1. The highest BCUT2D eigenvalue weighted by Crippen LogP contribution is 2.42. The van der Waals surface area contributed by atoms with Gasteiger partial charge in [0.1, 0.15) is 5.76 Å². The number of carbonyl (C=O) groups excluding carboxylic acids is 2. The Balaban J connectivity index is 1.85. The molecule has 1 saturated heterocycles. The fourth-order valence-electron chi connectivity index (χ4n) is 4.46. The van der Waals surface area contributed by atoms with Crippen molar-refractivity contribution in [2.75, 3.05) is 13.2 Å². The smallest absolute Gasteiger partial charge is 0.295 e. The quantitative estimate of drug-likeness (QED) is 0.285. The minimum Gasteiger partial charge on any atom is -0.507 e. The molecule has 6 nitrogen and oxygen atoms in total. The van der Waals surface area contributed by atoms with Gasteiger partial charge in [-0.2, -0.15) is 0 Å². The average Bonchev–Trinajstić information content (AvgIpc) is 3.11. The van der Waals surface area contributed by atoms with Gasteiger partial charge in [0.2, 0.25) is 0 Å². The summed E-state index contributed by atoms with van der Waals surface area (Å²) in [7, 11) is 0. The third kappa shape index (κ3) is 4.78. The number of ether oxygens (including phenoxy) is 1. The molecule has 0 bridgehead atoms. The van der Waals surface area contributed by atoms with Gasteiger partial charge < -0.3 is 19.8 Å². The van der Waals surface area contributed by atoms with Crippen molar-refractivity contribution in [2.24, 2.45) is 0 Å². The standard InChI is InChI=1S/C29H29NO5/c1-4-35-24-17-21(12-13-23(24)31)26-25(27(32)22-16-18(2)10-11-19(22)3)28(33)29(34)30(26)15-14-20-8-6-5-7-9-20/h5-13,16-17,26,31-32H,4,14-15H2,1-3H3/b27-25+. The van der Waals surface area contributed by atoms with Crippen LogP contribution in [0.3, 0.4) is 0 Å². The number of phenols is 1. The van der Waals surface area contributed by atoms with Gasteiger partial charge in [0.25, 0.3) is 11.7 Å². The summed E-state index contributed by atoms with van der Waals surface area (Å²) in [6.07, 6.45) is 0.546. The number of amides is 1. The molecule has 0 aromatic heterocycles. The monoisotopic (exact) mass is 471 g/mol. The predicted octanol–water partition coefficient (Wildman–Crippen LogP) is 5.07. The molecule has 180 valence electrons. The molecule has 2 N–H and O–H groups in total. The minimum absolute atomic E-state index is 0.0323. The molecule has 0 saturated carbocycles. The highest BCUT2D eigenvalue weighted by molar-refractivity contribution is 6.46. The highest BCUT2D eigenvalue weighted by atomic mass is 16.5. The van der Waals surface area contributed by atoms with Crippen LogP contribution in [0.4, 0.5) is 0 Å². The fourth-order valence-corrected chi connectivity index (χ4v) is 4.46. The number of likely N-dealkylation sites (tertiary alicyclic amines) is 1. The summed E-state index contributed by atoms with van der Waals surface area (Å²) in [5, 5.41) is 21.6. The Morgan fingerprint density at radius 3 is 2.46 bits per heavy atom. The van der Waals surface area contributed by atoms with Crippen molar-refractivity contribution in [1.82, 2.24) is 4.90 Å². The molecule has 3 aromatic rings. The Kier molecular flexibility index (Phi) is 6.92. The largest absolute Gasteiger partial charge is 0.507 e. The second-order valence-corrected chi connectivity index (χ2v) is 8.71. The molecule has 35 heavy (non-hydrogen) atoms. The van der Waals surface area contributed by atoms with Crippen molar-refractivity contribution in [1.29, 1.82) is 0 Å². The average molecular weight is 472 g/mol.